The number of ether oxygens (including phenoxy) is 1. The number of hydrogen-bond acceptors (Lipinski definition) is 4. The van der Waals surface area contributed by atoms with Gasteiger partial charge in [0, 0.05) is 31.9 Å². The quantitative estimate of drug-likeness (QED) is 0.896. The molecule has 1 N–H and O–H groups in total. The van der Waals surface area contributed by atoms with E-state index in [2.05, 4.69) is 36.9 Å². The Bertz CT molecular complexity index is 750. The molecule has 3 rings (SSSR count). The van der Waals surface area contributed by atoms with E-state index in [0.29, 0.717) is 18.8 Å². The maximum atomic E-state index is 12.4. The van der Waals surface area contributed by atoms with E-state index in [-0.39, 0.29) is 11.7 Å². The Morgan fingerprint density at radius 2 is 1.73 bits per heavy atom. The van der Waals surface area contributed by atoms with Crippen molar-refractivity contribution in [1.82, 2.24) is 4.90 Å². The lowest BCUT2D eigenvalue weighted by Gasteiger charge is -2.37. The number of carbonyl (C=O) groups excluding carboxylic acids is 1. The van der Waals surface area contributed by atoms with Gasteiger partial charge < -0.3 is 19.6 Å². The Balaban J connectivity index is 1.45. The number of phenols is 1. The molecule has 0 atom stereocenters. The predicted octanol–water partition coefficient (Wildman–Crippen LogP) is 3.13. The van der Waals surface area contributed by atoms with Gasteiger partial charge in [-0.15, -0.1) is 0 Å². The van der Waals surface area contributed by atoms with Crippen LogP contribution in [0.25, 0.3) is 0 Å². The van der Waals surface area contributed by atoms with Crippen molar-refractivity contribution in [2.24, 2.45) is 0 Å². The van der Waals surface area contributed by atoms with Crippen molar-refractivity contribution in [3.63, 3.8) is 0 Å². The largest absolute Gasteiger partial charge is 0.508 e. The SMILES string of the molecule is Cc1ccc(N2CCN(C(=O)CCOc3ccc(O)cc3)CC2)c(C)c1. The maximum absolute atomic E-state index is 12.4. The van der Waals surface area contributed by atoms with Crippen molar-refractivity contribution in [3.05, 3.63) is 53.6 Å². The molecule has 26 heavy (non-hydrogen) atoms. The van der Waals surface area contributed by atoms with Gasteiger partial charge in [0.05, 0.1) is 13.0 Å². The molecule has 138 valence electrons. The van der Waals surface area contributed by atoms with E-state index in [1.165, 1.54) is 16.8 Å². The molecule has 0 aromatic heterocycles. The zero-order chi connectivity index (χ0) is 18.5. The molecule has 1 heterocycles. The van der Waals surface area contributed by atoms with Gasteiger partial charge in [0.1, 0.15) is 11.5 Å². The molecule has 0 saturated carbocycles. The van der Waals surface area contributed by atoms with Crippen LogP contribution >= 0.6 is 0 Å². The molecule has 0 bridgehead atoms. The summed E-state index contributed by atoms with van der Waals surface area (Å²) in [5.74, 6) is 0.995. The average molecular weight is 354 g/mol. The first kappa shape index (κ1) is 18.1. The second-order valence-corrected chi connectivity index (χ2v) is 6.75. The Morgan fingerprint density at radius 3 is 2.38 bits per heavy atom. The van der Waals surface area contributed by atoms with Crippen molar-refractivity contribution in [2.45, 2.75) is 20.3 Å². The molecular formula is C21H26N2O3. The van der Waals surface area contributed by atoms with Crippen LogP contribution in [0.2, 0.25) is 0 Å². The van der Waals surface area contributed by atoms with Crippen LogP contribution in [0.1, 0.15) is 17.5 Å². The third-order valence-electron chi connectivity index (χ3n) is 4.75. The van der Waals surface area contributed by atoms with E-state index < -0.39 is 0 Å². The van der Waals surface area contributed by atoms with E-state index >= 15 is 0 Å². The summed E-state index contributed by atoms with van der Waals surface area (Å²) in [5.41, 5.74) is 3.82. The highest BCUT2D eigenvalue weighted by atomic mass is 16.5. The molecule has 1 amide bonds. The highest BCUT2D eigenvalue weighted by Crippen LogP contribution is 2.22. The first-order valence-electron chi connectivity index (χ1n) is 9.05. The summed E-state index contributed by atoms with van der Waals surface area (Å²) in [4.78, 5) is 16.7. The topological polar surface area (TPSA) is 53.0 Å². The van der Waals surface area contributed by atoms with E-state index in [4.69, 9.17) is 4.74 Å². The third kappa shape index (κ3) is 4.48. The van der Waals surface area contributed by atoms with Crippen molar-refractivity contribution >= 4 is 11.6 Å². The monoisotopic (exact) mass is 354 g/mol. The number of aromatic hydroxyl groups is 1. The van der Waals surface area contributed by atoms with E-state index in [1.54, 1.807) is 24.3 Å². The van der Waals surface area contributed by atoms with Crippen LogP contribution in [0, 0.1) is 13.8 Å². The van der Waals surface area contributed by atoms with Crippen LogP contribution in [0.5, 0.6) is 11.5 Å². The summed E-state index contributed by atoms with van der Waals surface area (Å²) in [7, 11) is 0. The number of hydrogen-bond donors (Lipinski definition) is 1. The Morgan fingerprint density at radius 1 is 1.04 bits per heavy atom. The summed E-state index contributed by atoms with van der Waals surface area (Å²) in [6.45, 7) is 7.79. The van der Waals surface area contributed by atoms with E-state index in [9.17, 15) is 9.90 Å². The molecule has 5 heteroatoms. The summed E-state index contributed by atoms with van der Waals surface area (Å²) in [6.07, 6.45) is 0.366. The van der Waals surface area contributed by atoms with Crippen LogP contribution in [0.4, 0.5) is 5.69 Å². The van der Waals surface area contributed by atoms with Crippen molar-refractivity contribution in [2.75, 3.05) is 37.7 Å². The zero-order valence-corrected chi connectivity index (χ0v) is 15.4. The van der Waals surface area contributed by atoms with Crippen molar-refractivity contribution < 1.29 is 14.6 Å². The summed E-state index contributed by atoms with van der Waals surface area (Å²) < 4.78 is 5.57. The van der Waals surface area contributed by atoms with Gasteiger partial charge in [0.15, 0.2) is 0 Å². The number of phenolic OH excluding ortho intramolecular Hbond substituents is 1. The van der Waals surface area contributed by atoms with Crippen LogP contribution in [0.3, 0.4) is 0 Å². The van der Waals surface area contributed by atoms with Gasteiger partial charge in [0.25, 0.3) is 0 Å². The highest BCUT2D eigenvalue weighted by molar-refractivity contribution is 5.76. The Kier molecular flexibility index (Phi) is 5.66. The van der Waals surface area contributed by atoms with Crippen molar-refractivity contribution in [3.8, 4) is 11.5 Å². The fraction of sp³-hybridized carbons (Fsp3) is 0.381. The van der Waals surface area contributed by atoms with E-state index in [1.807, 2.05) is 4.90 Å². The van der Waals surface area contributed by atoms with E-state index in [0.717, 1.165) is 26.2 Å². The second-order valence-electron chi connectivity index (χ2n) is 6.75. The number of rotatable bonds is 5. The lowest BCUT2D eigenvalue weighted by molar-refractivity contribution is -0.132. The number of piperazine rings is 1. The molecule has 5 nitrogen and oxygen atoms in total. The molecule has 2 aromatic carbocycles. The minimum atomic E-state index is 0.129. The first-order chi connectivity index (χ1) is 12.5. The van der Waals surface area contributed by atoms with Gasteiger partial charge in [0.2, 0.25) is 5.91 Å². The summed E-state index contributed by atoms with van der Waals surface area (Å²) in [6, 6.07) is 13.1. The number of aryl methyl sites for hydroxylation is 2. The number of carbonyl (C=O) groups is 1. The molecular weight excluding hydrogens is 328 g/mol. The smallest absolute Gasteiger partial charge is 0.226 e. The molecule has 1 aliphatic rings. The molecule has 0 unspecified atom stereocenters. The van der Waals surface area contributed by atoms with Gasteiger partial charge in [-0.05, 0) is 49.7 Å². The van der Waals surface area contributed by atoms with Crippen molar-refractivity contribution in [1.29, 1.82) is 0 Å². The second kappa shape index (κ2) is 8.13. The Labute approximate surface area is 154 Å². The van der Waals surface area contributed by atoms with Gasteiger partial charge in [-0.2, -0.15) is 0 Å². The zero-order valence-electron chi connectivity index (χ0n) is 15.4. The maximum Gasteiger partial charge on any atom is 0.226 e. The lowest BCUT2D eigenvalue weighted by Crippen LogP contribution is -2.49. The lowest BCUT2D eigenvalue weighted by atomic mass is 10.1. The number of amides is 1. The molecule has 0 spiro atoms. The summed E-state index contributed by atoms with van der Waals surface area (Å²) in [5, 5.41) is 9.25. The molecule has 2 aromatic rings. The standard InChI is InChI=1S/C21H26N2O3/c1-16-3-8-20(17(2)15-16)22-10-12-23(13-11-22)21(25)9-14-26-19-6-4-18(24)5-7-19/h3-8,15,24H,9-14H2,1-2H3. The molecule has 1 aliphatic heterocycles. The molecule has 0 aliphatic carbocycles. The predicted molar refractivity (Wildman–Crippen MR) is 103 cm³/mol. The van der Waals surface area contributed by atoms with Gasteiger partial charge >= 0.3 is 0 Å². The number of benzene rings is 2. The van der Waals surface area contributed by atoms with Crippen LogP contribution in [-0.2, 0) is 4.79 Å². The van der Waals surface area contributed by atoms with Crippen LogP contribution in [0.15, 0.2) is 42.5 Å². The molecule has 1 fully saturated rings. The normalized spacial score (nSPS) is 14.4. The fourth-order valence-electron chi connectivity index (χ4n) is 3.31. The van der Waals surface area contributed by atoms with Gasteiger partial charge in [-0.25, -0.2) is 0 Å². The minimum Gasteiger partial charge on any atom is -0.508 e. The van der Waals surface area contributed by atoms with Crippen LogP contribution < -0.4 is 9.64 Å². The Hall–Kier alpha value is -2.69. The van der Waals surface area contributed by atoms with Crippen LogP contribution in [-0.4, -0.2) is 48.7 Å². The summed E-state index contributed by atoms with van der Waals surface area (Å²) >= 11 is 0. The number of anilines is 1. The third-order valence-corrected chi connectivity index (χ3v) is 4.75. The minimum absolute atomic E-state index is 0.129. The molecule has 1 saturated heterocycles. The van der Waals surface area contributed by atoms with Gasteiger partial charge in [-0.3, -0.25) is 4.79 Å². The first-order valence-corrected chi connectivity index (χ1v) is 9.05. The molecule has 0 radical (unpaired) electrons. The highest BCUT2D eigenvalue weighted by Gasteiger charge is 2.21. The average Bonchev–Trinajstić information content (AvgIpc) is 2.63. The number of nitrogens with zero attached hydrogens (tertiary/aromatic N) is 2. The fourth-order valence-corrected chi connectivity index (χ4v) is 3.31. The van der Waals surface area contributed by atoms with Gasteiger partial charge in [-0.1, -0.05) is 17.7 Å².